The van der Waals surface area contributed by atoms with Gasteiger partial charge in [-0.2, -0.15) is 4.31 Å². The summed E-state index contributed by atoms with van der Waals surface area (Å²) in [6.45, 7) is 1.32. The number of nitrogens with two attached hydrogens (primary N) is 1. The summed E-state index contributed by atoms with van der Waals surface area (Å²) in [6, 6.07) is 16.2. The van der Waals surface area contributed by atoms with Crippen LogP contribution >= 0.6 is 0 Å². The van der Waals surface area contributed by atoms with Crippen LogP contribution in [0.2, 0.25) is 0 Å². The normalized spacial score (nSPS) is 14.1. The van der Waals surface area contributed by atoms with Crippen LogP contribution in [0.5, 0.6) is 0 Å². The zero-order valence-corrected chi connectivity index (χ0v) is 19.5. The largest absolute Gasteiger partial charge is 0.376 e. The summed E-state index contributed by atoms with van der Waals surface area (Å²) in [5, 5.41) is 3.53. The van der Waals surface area contributed by atoms with E-state index in [0.717, 1.165) is 45.0 Å². The van der Waals surface area contributed by atoms with Crippen molar-refractivity contribution in [1.29, 1.82) is 0 Å². The highest BCUT2D eigenvalue weighted by Gasteiger charge is 2.24. The molecule has 168 valence electrons. The molecule has 8 heteroatoms. The Balaban J connectivity index is 1.64. The van der Waals surface area contributed by atoms with E-state index in [-0.39, 0.29) is 0 Å². The molecule has 4 rings (SSSR count). The van der Waals surface area contributed by atoms with E-state index in [9.17, 15) is 8.42 Å². The second kappa shape index (κ2) is 8.90. The maximum atomic E-state index is 12.0. The molecule has 0 saturated heterocycles. The van der Waals surface area contributed by atoms with Crippen molar-refractivity contribution in [2.45, 2.75) is 19.5 Å². The molecule has 1 aliphatic heterocycles. The molecule has 3 aromatic rings. The molecule has 1 aliphatic rings. The third kappa shape index (κ3) is 4.62. The van der Waals surface area contributed by atoms with Crippen LogP contribution in [-0.2, 0) is 29.5 Å². The average Bonchev–Trinajstić information content (AvgIpc) is 2.78. The predicted molar refractivity (Wildman–Crippen MR) is 131 cm³/mol. The van der Waals surface area contributed by atoms with E-state index in [4.69, 9.17) is 5.73 Å². The maximum Gasteiger partial charge on any atom is 0.211 e. The fourth-order valence-electron chi connectivity index (χ4n) is 4.02. The van der Waals surface area contributed by atoms with E-state index in [1.807, 2.05) is 67.7 Å². The lowest BCUT2D eigenvalue weighted by atomic mass is 9.98. The predicted octanol–water partition coefficient (Wildman–Crippen LogP) is 3.33. The lowest BCUT2D eigenvalue weighted by molar-refractivity contribution is 0.395. The molecule has 0 fully saturated rings. The molecular formula is C24H29N5O2S. The van der Waals surface area contributed by atoms with Gasteiger partial charge < -0.3 is 16.0 Å². The summed E-state index contributed by atoms with van der Waals surface area (Å²) in [5.74, 6) is 0. The Labute approximate surface area is 189 Å². The number of fused-ring (bicyclic) bond motifs is 1. The van der Waals surface area contributed by atoms with Gasteiger partial charge in [0.05, 0.1) is 23.8 Å². The van der Waals surface area contributed by atoms with Gasteiger partial charge >= 0.3 is 0 Å². The van der Waals surface area contributed by atoms with Crippen molar-refractivity contribution in [3.8, 4) is 11.3 Å². The quantitative estimate of drug-likeness (QED) is 0.597. The Hall–Kier alpha value is -2.94. The third-order valence-electron chi connectivity index (χ3n) is 5.85. The molecule has 0 saturated carbocycles. The summed E-state index contributed by atoms with van der Waals surface area (Å²) in [7, 11) is 0.775. The molecule has 3 N–H and O–H groups in total. The molecule has 0 unspecified atom stereocenters. The fraction of sp³-hybridized carbons (Fsp3) is 0.292. The molecule has 0 aliphatic carbocycles. The van der Waals surface area contributed by atoms with Crippen molar-refractivity contribution in [2.24, 2.45) is 5.73 Å². The standard InChI is InChI=1S/C24H29N5O2S/c1-28(2)20-9-10-23(26-15-20)22-13-19(8-7-17(22)14-25)27-24-6-4-5-18-16-29(32(3,30)31)12-11-21(18)24/h4-10,13,15,27H,11-12,14,16,25H2,1-3H3. The molecule has 2 heterocycles. The van der Waals surface area contributed by atoms with Crippen molar-refractivity contribution in [2.75, 3.05) is 37.1 Å². The minimum Gasteiger partial charge on any atom is -0.376 e. The van der Waals surface area contributed by atoms with E-state index >= 15 is 0 Å². The van der Waals surface area contributed by atoms with Crippen molar-refractivity contribution in [3.05, 3.63) is 71.4 Å². The summed E-state index contributed by atoms with van der Waals surface area (Å²) >= 11 is 0. The topological polar surface area (TPSA) is 91.6 Å². The summed E-state index contributed by atoms with van der Waals surface area (Å²) in [5.41, 5.74) is 14.1. The first kappa shape index (κ1) is 22.3. The number of rotatable bonds is 6. The number of pyridine rings is 1. The Kier molecular flexibility index (Phi) is 6.19. The van der Waals surface area contributed by atoms with Crippen molar-refractivity contribution in [3.63, 3.8) is 0 Å². The molecule has 0 amide bonds. The average molecular weight is 452 g/mol. The Morgan fingerprint density at radius 1 is 1.16 bits per heavy atom. The van der Waals surface area contributed by atoms with Crippen LogP contribution in [-0.4, -0.2) is 44.6 Å². The van der Waals surface area contributed by atoms with Gasteiger partial charge in [0.2, 0.25) is 10.0 Å². The summed E-state index contributed by atoms with van der Waals surface area (Å²) in [6.07, 6.45) is 3.80. The minimum absolute atomic E-state index is 0.406. The van der Waals surface area contributed by atoms with E-state index in [1.165, 1.54) is 10.6 Å². The lowest BCUT2D eigenvalue weighted by Gasteiger charge is -2.28. The van der Waals surface area contributed by atoms with Gasteiger partial charge in [0.15, 0.2) is 0 Å². The van der Waals surface area contributed by atoms with Crippen LogP contribution < -0.4 is 16.0 Å². The Bertz CT molecular complexity index is 1220. The number of aromatic nitrogens is 1. The van der Waals surface area contributed by atoms with Crippen LogP contribution in [0.15, 0.2) is 54.7 Å². The SMILES string of the molecule is CN(C)c1ccc(-c2cc(Nc3cccc4c3CCN(S(C)(=O)=O)C4)ccc2CN)nc1. The van der Waals surface area contributed by atoms with Crippen LogP contribution in [0.25, 0.3) is 11.3 Å². The summed E-state index contributed by atoms with van der Waals surface area (Å²) < 4.78 is 25.4. The Morgan fingerprint density at radius 2 is 1.97 bits per heavy atom. The first-order valence-electron chi connectivity index (χ1n) is 10.6. The summed E-state index contributed by atoms with van der Waals surface area (Å²) in [4.78, 5) is 6.66. The third-order valence-corrected chi connectivity index (χ3v) is 7.10. The lowest BCUT2D eigenvalue weighted by Crippen LogP contribution is -2.35. The first-order valence-corrected chi connectivity index (χ1v) is 12.4. The van der Waals surface area contributed by atoms with E-state index in [1.54, 1.807) is 0 Å². The molecule has 32 heavy (non-hydrogen) atoms. The zero-order chi connectivity index (χ0) is 22.9. The van der Waals surface area contributed by atoms with Gasteiger partial charge in [-0.05, 0) is 53.4 Å². The van der Waals surface area contributed by atoms with E-state index in [2.05, 4.69) is 16.4 Å². The molecule has 0 spiro atoms. The highest BCUT2D eigenvalue weighted by atomic mass is 32.2. The van der Waals surface area contributed by atoms with Crippen LogP contribution in [0.3, 0.4) is 0 Å². The molecule has 0 bridgehead atoms. The number of benzene rings is 2. The van der Waals surface area contributed by atoms with Crippen LogP contribution in [0, 0.1) is 0 Å². The number of nitrogens with one attached hydrogen (secondary N) is 1. The molecule has 1 aromatic heterocycles. The molecule has 2 aromatic carbocycles. The maximum absolute atomic E-state index is 12.0. The van der Waals surface area contributed by atoms with Gasteiger partial charge in [-0.15, -0.1) is 0 Å². The smallest absolute Gasteiger partial charge is 0.211 e. The van der Waals surface area contributed by atoms with Crippen molar-refractivity contribution in [1.82, 2.24) is 9.29 Å². The number of sulfonamides is 1. The van der Waals surface area contributed by atoms with Gasteiger partial charge in [-0.3, -0.25) is 4.98 Å². The molecule has 7 nitrogen and oxygen atoms in total. The number of anilines is 3. The number of nitrogens with zero attached hydrogens (tertiary/aromatic N) is 3. The second-order valence-electron chi connectivity index (χ2n) is 8.29. The second-order valence-corrected chi connectivity index (χ2v) is 10.3. The zero-order valence-electron chi connectivity index (χ0n) is 18.7. The number of hydrogen-bond acceptors (Lipinski definition) is 6. The molecule has 0 radical (unpaired) electrons. The molecule has 0 atom stereocenters. The van der Waals surface area contributed by atoms with Gasteiger partial charge in [0.1, 0.15) is 0 Å². The molecular weight excluding hydrogens is 422 g/mol. The van der Waals surface area contributed by atoms with Crippen molar-refractivity contribution >= 4 is 27.1 Å². The fourth-order valence-corrected chi connectivity index (χ4v) is 4.82. The van der Waals surface area contributed by atoms with Gasteiger partial charge in [-0.25, -0.2) is 8.42 Å². The first-order chi connectivity index (χ1) is 15.3. The Morgan fingerprint density at radius 3 is 2.62 bits per heavy atom. The highest BCUT2D eigenvalue weighted by Crippen LogP contribution is 2.32. The van der Waals surface area contributed by atoms with E-state index in [0.29, 0.717) is 26.1 Å². The highest BCUT2D eigenvalue weighted by molar-refractivity contribution is 7.88. The van der Waals surface area contributed by atoms with Gasteiger partial charge in [0.25, 0.3) is 0 Å². The van der Waals surface area contributed by atoms with Gasteiger partial charge in [0, 0.05) is 50.7 Å². The number of hydrogen-bond donors (Lipinski definition) is 2. The van der Waals surface area contributed by atoms with Crippen LogP contribution in [0.1, 0.15) is 16.7 Å². The minimum atomic E-state index is -3.20. The van der Waals surface area contributed by atoms with E-state index < -0.39 is 10.0 Å². The van der Waals surface area contributed by atoms with Crippen LogP contribution in [0.4, 0.5) is 17.1 Å². The van der Waals surface area contributed by atoms with Crippen molar-refractivity contribution < 1.29 is 8.42 Å². The van der Waals surface area contributed by atoms with Gasteiger partial charge in [-0.1, -0.05) is 18.2 Å². The monoisotopic (exact) mass is 451 g/mol.